The second-order valence-corrected chi connectivity index (χ2v) is 7.71. The van der Waals surface area contributed by atoms with Crippen LogP contribution >= 0.6 is 12.4 Å². The summed E-state index contributed by atoms with van der Waals surface area (Å²) < 4.78 is 0. The fourth-order valence-electron chi connectivity index (χ4n) is 3.40. The maximum atomic E-state index is 3.58. The number of halogens is 1. The molecule has 0 saturated heterocycles. The first-order valence-corrected chi connectivity index (χ1v) is 11.9. The SMILES string of the molecule is CCCCCCCC/C=C\CCCCCCCCNCCN(CC)CC.Cl. The zero-order valence-corrected chi connectivity index (χ0v) is 19.8. The molecule has 0 rings (SSSR count). The molecule has 1 N–H and O–H groups in total. The zero-order valence-electron chi connectivity index (χ0n) is 18.9. The van der Waals surface area contributed by atoms with Crippen LogP contribution in [0.15, 0.2) is 12.2 Å². The molecule has 0 radical (unpaired) electrons. The average Bonchev–Trinajstić information content (AvgIpc) is 2.66. The number of rotatable bonds is 21. The van der Waals surface area contributed by atoms with E-state index in [-0.39, 0.29) is 12.4 Å². The Balaban J connectivity index is 0. The predicted molar refractivity (Wildman–Crippen MR) is 127 cm³/mol. The highest BCUT2D eigenvalue weighted by Crippen LogP contribution is 2.09. The van der Waals surface area contributed by atoms with Crippen LogP contribution in [-0.4, -0.2) is 37.6 Å². The fraction of sp³-hybridized carbons (Fsp3) is 0.917. The van der Waals surface area contributed by atoms with Crippen LogP contribution in [0.25, 0.3) is 0 Å². The molecule has 2 nitrogen and oxygen atoms in total. The molecule has 0 amide bonds. The molecule has 0 aromatic rings. The van der Waals surface area contributed by atoms with Crippen LogP contribution in [-0.2, 0) is 0 Å². The minimum atomic E-state index is 0. The molecule has 0 aliphatic carbocycles. The van der Waals surface area contributed by atoms with E-state index in [4.69, 9.17) is 0 Å². The minimum absolute atomic E-state index is 0. The van der Waals surface area contributed by atoms with Gasteiger partial charge in [0.05, 0.1) is 0 Å². The molecule has 0 saturated carbocycles. The van der Waals surface area contributed by atoms with E-state index >= 15 is 0 Å². The molecule has 0 bridgehead atoms. The Morgan fingerprint density at radius 2 is 1.07 bits per heavy atom. The molecule has 0 aromatic heterocycles. The highest BCUT2D eigenvalue weighted by molar-refractivity contribution is 5.85. The summed E-state index contributed by atoms with van der Waals surface area (Å²) in [6.07, 6.45) is 24.3. The van der Waals surface area contributed by atoms with E-state index in [1.807, 2.05) is 0 Å². The monoisotopic (exact) mass is 402 g/mol. The van der Waals surface area contributed by atoms with E-state index in [0.717, 1.165) is 6.54 Å². The molecule has 3 heteroatoms. The van der Waals surface area contributed by atoms with Crippen molar-refractivity contribution in [2.75, 3.05) is 32.7 Å². The number of hydrogen-bond acceptors (Lipinski definition) is 2. The van der Waals surface area contributed by atoms with Crippen molar-refractivity contribution >= 4 is 12.4 Å². The normalized spacial score (nSPS) is 11.4. The number of nitrogens with zero attached hydrogens (tertiary/aromatic N) is 1. The molecular formula is C24H51ClN2. The third-order valence-electron chi connectivity index (χ3n) is 5.36. The van der Waals surface area contributed by atoms with Gasteiger partial charge in [0.15, 0.2) is 0 Å². The smallest absolute Gasteiger partial charge is 0.0107 e. The van der Waals surface area contributed by atoms with E-state index < -0.39 is 0 Å². The Morgan fingerprint density at radius 3 is 1.59 bits per heavy atom. The number of nitrogens with one attached hydrogen (secondary N) is 1. The van der Waals surface area contributed by atoms with Crippen molar-refractivity contribution < 1.29 is 0 Å². The first kappa shape index (κ1) is 29.2. The highest BCUT2D eigenvalue weighted by Gasteiger charge is 1.97. The van der Waals surface area contributed by atoms with E-state index in [9.17, 15) is 0 Å². The molecule has 0 fully saturated rings. The largest absolute Gasteiger partial charge is 0.315 e. The molecule has 0 spiro atoms. The maximum absolute atomic E-state index is 3.58. The summed E-state index contributed by atoms with van der Waals surface area (Å²) in [7, 11) is 0. The molecule has 164 valence electrons. The minimum Gasteiger partial charge on any atom is -0.315 e. The fourth-order valence-corrected chi connectivity index (χ4v) is 3.40. The molecule has 0 aliphatic heterocycles. The lowest BCUT2D eigenvalue weighted by atomic mass is 10.1. The summed E-state index contributed by atoms with van der Waals surface area (Å²) in [6.45, 7) is 12.7. The van der Waals surface area contributed by atoms with Gasteiger partial charge in [-0.25, -0.2) is 0 Å². The molecular weight excluding hydrogens is 352 g/mol. The van der Waals surface area contributed by atoms with Gasteiger partial charge in [-0.1, -0.05) is 90.7 Å². The summed E-state index contributed by atoms with van der Waals surface area (Å²) >= 11 is 0. The van der Waals surface area contributed by atoms with Crippen LogP contribution in [0.5, 0.6) is 0 Å². The second-order valence-electron chi connectivity index (χ2n) is 7.71. The van der Waals surface area contributed by atoms with Crippen molar-refractivity contribution in [3.63, 3.8) is 0 Å². The third-order valence-corrected chi connectivity index (χ3v) is 5.36. The van der Waals surface area contributed by atoms with Gasteiger partial charge in [0.1, 0.15) is 0 Å². The standard InChI is InChI=1S/C24H50N2.ClH/c1-4-7-8-9-10-11-12-13-14-15-16-17-18-19-20-21-22-25-23-24-26(5-2)6-3;/h13-14,25H,4-12,15-24H2,1-3H3;1H/b14-13-;. The van der Waals surface area contributed by atoms with Crippen molar-refractivity contribution in [2.24, 2.45) is 0 Å². The third kappa shape index (κ3) is 23.9. The van der Waals surface area contributed by atoms with Gasteiger partial charge in [-0.15, -0.1) is 12.4 Å². The quantitative estimate of drug-likeness (QED) is 0.159. The molecule has 0 aliphatic rings. The Morgan fingerprint density at radius 1 is 0.593 bits per heavy atom. The molecule has 0 atom stereocenters. The number of hydrogen-bond donors (Lipinski definition) is 1. The van der Waals surface area contributed by atoms with Crippen molar-refractivity contribution in [1.29, 1.82) is 0 Å². The van der Waals surface area contributed by atoms with Gasteiger partial charge in [-0.3, -0.25) is 0 Å². The van der Waals surface area contributed by atoms with E-state index in [0.29, 0.717) is 0 Å². The lowest BCUT2D eigenvalue weighted by Crippen LogP contribution is -2.32. The van der Waals surface area contributed by atoms with Gasteiger partial charge in [0, 0.05) is 13.1 Å². The van der Waals surface area contributed by atoms with E-state index in [1.54, 1.807) is 0 Å². The van der Waals surface area contributed by atoms with Gasteiger partial charge in [0.2, 0.25) is 0 Å². The van der Waals surface area contributed by atoms with Gasteiger partial charge in [0.25, 0.3) is 0 Å². The van der Waals surface area contributed by atoms with Crippen LogP contribution in [0.4, 0.5) is 0 Å². The van der Waals surface area contributed by atoms with Gasteiger partial charge in [-0.2, -0.15) is 0 Å². The molecule has 0 unspecified atom stereocenters. The Bertz CT molecular complexity index is 278. The molecule has 0 aromatic carbocycles. The Labute approximate surface area is 178 Å². The highest BCUT2D eigenvalue weighted by atomic mass is 35.5. The van der Waals surface area contributed by atoms with Gasteiger partial charge in [-0.05, 0) is 51.7 Å². The van der Waals surface area contributed by atoms with E-state index in [2.05, 4.69) is 43.1 Å². The summed E-state index contributed by atoms with van der Waals surface area (Å²) in [6, 6.07) is 0. The average molecular weight is 403 g/mol. The summed E-state index contributed by atoms with van der Waals surface area (Å²) in [4.78, 5) is 2.48. The van der Waals surface area contributed by atoms with Crippen LogP contribution in [0.1, 0.15) is 111 Å². The van der Waals surface area contributed by atoms with Crippen molar-refractivity contribution in [3.8, 4) is 0 Å². The summed E-state index contributed by atoms with van der Waals surface area (Å²) in [5.41, 5.74) is 0. The van der Waals surface area contributed by atoms with E-state index in [1.165, 1.54) is 116 Å². The molecule has 27 heavy (non-hydrogen) atoms. The Kier molecular flexibility index (Phi) is 28.0. The number of allylic oxidation sites excluding steroid dienone is 2. The number of likely N-dealkylation sites (N-methyl/N-ethyl adjacent to an activating group) is 1. The lowest BCUT2D eigenvalue weighted by Gasteiger charge is -2.17. The first-order chi connectivity index (χ1) is 12.8. The Hall–Kier alpha value is -0.0500. The second kappa shape index (κ2) is 26.0. The maximum Gasteiger partial charge on any atom is 0.0107 e. The summed E-state index contributed by atoms with van der Waals surface area (Å²) in [5, 5.41) is 3.58. The van der Waals surface area contributed by atoms with Gasteiger partial charge < -0.3 is 10.2 Å². The van der Waals surface area contributed by atoms with Gasteiger partial charge >= 0.3 is 0 Å². The van der Waals surface area contributed by atoms with Crippen molar-refractivity contribution in [1.82, 2.24) is 10.2 Å². The van der Waals surface area contributed by atoms with Crippen molar-refractivity contribution in [3.05, 3.63) is 12.2 Å². The van der Waals surface area contributed by atoms with Crippen LogP contribution in [0.2, 0.25) is 0 Å². The van der Waals surface area contributed by atoms with Crippen LogP contribution in [0, 0.1) is 0 Å². The summed E-state index contributed by atoms with van der Waals surface area (Å²) in [5.74, 6) is 0. The topological polar surface area (TPSA) is 15.3 Å². The van der Waals surface area contributed by atoms with Crippen LogP contribution in [0.3, 0.4) is 0 Å². The van der Waals surface area contributed by atoms with Crippen molar-refractivity contribution in [2.45, 2.75) is 111 Å². The predicted octanol–water partition coefficient (Wildman–Crippen LogP) is 7.38. The lowest BCUT2D eigenvalue weighted by molar-refractivity contribution is 0.302. The molecule has 0 heterocycles. The first-order valence-electron chi connectivity index (χ1n) is 11.9. The van der Waals surface area contributed by atoms with Crippen LogP contribution < -0.4 is 5.32 Å². The zero-order chi connectivity index (χ0) is 19.1. The number of unbranched alkanes of at least 4 members (excludes halogenated alkanes) is 12.